The smallest absolute Gasteiger partial charge is 0.265 e. The molecule has 0 aromatic carbocycles. The van der Waals surface area contributed by atoms with Crippen LogP contribution >= 0.6 is 12.2 Å². The van der Waals surface area contributed by atoms with Crippen LogP contribution in [0, 0.1) is 0 Å². The first kappa shape index (κ1) is 14.5. The molecule has 5 nitrogen and oxygen atoms in total. The van der Waals surface area contributed by atoms with E-state index in [1.54, 1.807) is 13.1 Å². The van der Waals surface area contributed by atoms with Crippen LogP contribution < -0.4 is 5.32 Å². The standard InChI is InChI=1S/C14H17N3O2S/c1-14(2,3)17-7-5-6-9(17)8-10-11(18)15-13(20)16(4)12(10)19/h5-8H,1-4H3,(H,15,18,20)/b10-8-. The lowest BCUT2D eigenvalue weighted by Gasteiger charge is -2.26. The minimum absolute atomic E-state index is 0.0882. The summed E-state index contributed by atoms with van der Waals surface area (Å²) in [6.07, 6.45) is 3.52. The van der Waals surface area contributed by atoms with Crippen molar-refractivity contribution >= 4 is 35.2 Å². The van der Waals surface area contributed by atoms with Crippen molar-refractivity contribution < 1.29 is 9.59 Å². The summed E-state index contributed by atoms with van der Waals surface area (Å²) in [5, 5.41) is 2.63. The van der Waals surface area contributed by atoms with Crippen LogP contribution in [0.25, 0.3) is 6.08 Å². The first-order valence-electron chi connectivity index (χ1n) is 6.24. The predicted molar refractivity (Wildman–Crippen MR) is 80.9 cm³/mol. The number of hydrogen-bond donors (Lipinski definition) is 1. The van der Waals surface area contributed by atoms with Gasteiger partial charge in [0.1, 0.15) is 5.57 Å². The summed E-state index contributed by atoms with van der Waals surface area (Å²) < 4.78 is 2.01. The maximum atomic E-state index is 12.1. The second kappa shape index (κ2) is 4.86. The highest BCUT2D eigenvalue weighted by Crippen LogP contribution is 2.21. The van der Waals surface area contributed by atoms with Gasteiger partial charge in [0.2, 0.25) is 0 Å². The van der Waals surface area contributed by atoms with Gasteiger partial charge in [-0.25, -0.2) is 0 Å². The van der Waals surface area contributed by atoms with E-state index in [2.05, 4.69) is 26.1 Å². The second-order valence-electron chi connectivity index (χ2n) is 5.66. The summed E-state index contributed by atoms with van der Waals surface area (Å²) >= 11 is 4.91. The molecule has 0 bridgehead atoms. The summed E-state index contributed by atoms with van der Waals surface area (Å²) in [5.74, 6) is -0.847. The number of hydrogen-bond acceptors (Lipinski definition) is 3. The Hall–Kier alpha value is -1.95. The Kier molecular flexibility index (Phi) is 3.52. The van der Waals surface area contributed by atoms with Crippen molar-refractivity contribution in [3.8, 4) is 0 Å². The van der Waals surface area contributed by atoms with Gasteiger partial charge in [0.15, 0.2) is 5.11 Å². The zero-order valence-corrected chi connectivity index (χ0v) is 12.7. The van der Waals surface area contributed by atoms with Crippen molar-refractivity contribution in [3.05, 3.63) is 29.6 Å². The number of rotatable bonds is 1. The van der Waals surface area contributed by atoms with Crippen LogP contribution in [-0.4, -0.2) is 33.4 Å². The van der Waals surface area contributed by atoms with Gasteiger partial charge < -0.3 is 4.57 Å². The van der Waals surface area contributed by atoms with E-state index in [1.165, 1.54) is 4.90 Å². The van der Waals surface area contributed by atoms with E-state index in [0.717, 1.165) is 5.69 Å². The van der Waals surface area contributed by atoms with Gasteiger partial charge in [0.25, 0.3) is 11.8 Å². The molecule has 106 valence electrons. The number of nitrogens with one attached hydrogen (secondary N) is 1. The summed E-state index contributed by atoms with van der Waals surface area (Å²) in [5.41, 5.74) is 0.758. The van der Waals surface area contributed by atoms with Crippen LogP contribution in [0.3, 0.4) is 0 Å². The molecule has 0 atom stereocenters. The molecule has 1 N–H and O–H groups in total. The summed E-state index contributed by atoms with van der Waals surface area (Å²) in [6, 6.07) is 3.75. The lowest BCUT2D eigenvalue weighted by atomic mass is 10.1. The average molecular weight is 291 g/mol. The van der Waals surface area contributed by atoms with Crippen molar-refractivity contribution in [2.45, 2.75) is 26.3 Å². The van der Waals surface area contributed by atoms with Crippen LogP contribution in [0.4, 0.5) is 0 Å². The lowest BCUT2D eigenvalue weighted by molar-refractivity contribution is -0.128. The number of thiocarbonyl (C=S) groups is 1. The van der Waals surface area contributed by atoms with Crippen molar-refractivity contribution in [2.75, 3.05) is 7.05 Å². The van der Waals surface area contributed by atoms with Gasteiger partial charge in [-0.15, -0.1) is 0 Å². The Morgan fingerprint density at radius 2 is 1.95 bits per heavy atom. The highest BCUT2D eigenvalue weighted by Gasteiger charge is 2.31. The Morgan fingerprint density at radius 1 is 1.30 bits per heavy atom. The molecule has 6 heteroatoms. The summed E-state index contributed by atoms with van der Waals surface area (Å²) in [4.78, 5) is 25.3. The third-order valence-corrected chi connectivity index (χ3v) is 3.48. The fourth-order valence-electron chi connectivity index (χ4n) is 2.02. The van der Waals surface area contributed by atoms with E-state index in [4.69, 9.17) is 12.2 Å². The average Bonchev–Trinajstić information content (AvgIpc) is 2.80. The molecule has 1 aliphatic rings. The lowest BCUT2D eigenvalue weighted by Crippen LogP contribution is -2.52. The van der Waals surface area contributed by atoms with Crippen LogP contribution in [-0.2, 0) is 15.1 Å². The highest BCUT2D eigenvalue weighted by molar-refractivity contribution is 7.80. The molecule has 1 aromatic heterocycles. The monoisotopic (exact) mass is 291 g/mol. The van der Waals surface area contributed by atoms with Crippen LogP contribution in [0.2, 0.25) is 0 Å². The molecule has 2 amide bonds. The van der Waals surface area contributed by atoms with Gasteiger partial charge in [-0.2, -0.15) is 0 Å². The number of carbonyl (C=O) groups is 2. The third-order valence-electron chi connectivity index (χ3n) is 3.10. The largest absolute Gasteiger partial charge is 0.343 e. The maximum Gasteiger partial charge on any atom is 0.265 e. The number of likely N-dealkylation sites (N-methyl/N-ethyl adjacent to an activating group) is 1. The quantitative estimate of drug-likeness (QED) is 0.485. The zero-order valence-electron chi connectivity index (χ0n) is 11.9. The number of aromatic nitrogens is 1. The van der Waals surface area contributed by atoms with Gasteiger partial charge in [-0.1, -0.05) is 0 Å². The van der Waals surface area contributed by atoms with Crippen molar-refractivity contribution in [2.24, 2.45) is 0 Å². The fraction of sp³-hybridized carbons (Fsp3) is 0.357. The molecule has 0 aliphatic carbocycles. The van der Waals surface area contributed by atoms with Gasteiger partial charge >= 0.3 is 0 Å². The minimum Gasteiger partial charge on any atom is -0.343 e. The molecule has 0 saturated carbocycles. The number of carbonyl (C=O) groups excluding carboxylic acids is 2. The molecule has 2 rings (SSSR count). The van der Waals surface area contributed by atoms with E-state index < -0.39 is 5.91 Å². The first-order valence-corrected chi connectivity index (χ1v) is 6.65. The molecular weight excluding hydrogens is 274 g/mol. The SMILES string of the molecule is CN1C(=O)/C(=C\c2cccn2C(C)(C)C)C(=O)NC1=S. The maximum absolute atomic E-state index is 12.1. The second-order valence-corrected chi connectivity index (χ2v) is 6.04. The fourth-order valence-corrected chi connectivity index (χ4v) is 2.19. The van der Waals surface area contributed by atoms with Crippen LogP contribution in [0.1, 0.15) is 26.5 Å². The summed E-state index contributed by atoms with van der Waals surface area (Å²) in [6.45, 7) is 6.16. The van der Waals surface area contributed by atoms with E-state index in [0.29, 0.717) is 0 Å². The Morgan fingerprint density at radius 3 is 2.55 bits per heavy atom. The normalized spacial score (nSPS) is 18.7. The molecule has 1 aliphatic heterocycles. The topological polar surface area (TPSA) is 54.3 Å². The molecule has 0 unspecified atom stereocenters. The first-order chi connectivity index (χ1) is 9.21. The molecule has 20 heavy (non-hydrogen) atoms. The van der Waals surface area contributed by atoms with E-state index in [-0.39, 0.29) is 22.1 Å². The van der Waals surface area contributed by atoms with Gasteiger partial charge in [0.05, 0.1) is 0 Å². The predicted octanol–water partition coefficient (Wildman–Crippen LogP) is 1.50. The molecular formula is C14H17N3O2S. The molecule has 1 saturated heterocycles. The highest BCUT2D eigenvalue weighted by atomic mass is 32.1. The molecule has 1 aromatic rings. The van der Waals surface area contributed by atoms with Crippen molar-refractivity contribution in [1.29, 1.82) is 0 Å². The van der Waals surface area contributed by atoms with Gasteiger partial charge in [-0.05, 0) is 51.2 Å². The Balaban J connectivity index is 2.45. The number of amides is 2. The Labute approximate surface area is 123 Å². The third kappa shape index (κ3) is 2.51. The molecule has 1 fully saturated rings. The van der Waals surface area contributed by atoms with E-state index in [1.807, 2.05) is 22.9 Å². The van der Waals surface area contributed by atoms with Crippen LogP contribution in [0.5, 0.6) is 0 Å². The van der Waals surface area contributed by atoms with Crippen LogP contribution in [0.15, 0.2) is 23.9 Å². The van der Waals surface area contributed by atoms with Crippen molar-refractivity contribution in [3.63, 3.8) is 0 Å². The molecule has 0 radical (unpaired) electrons. The summed E-state index contributed by atoms with van der Waals surface area (Å²) in [7, 11) is 1.54. The minimum atomic E-state index is -0.459. The molecule has 0 spiro atoms. The van der Waals surface area contributed by atoms with Gasteiger partial charge in [0, 0.05) is 24.5 Å². The van der Waals surface area contributed by atoms with E-state index in [9.17, 15) is 9.59 Å². The molecule has 2 heterocycles. The van der Waals surface area contributed by atoms with Crippen molar-refractivity contribution in [1.82, 2.24) is 14.8 Å². The Bertz CT molecular complexity index is 623. The number of nitrogens with zero attached hydrogens (tertiary/aromatic N) is 2. The van der Waals surface area contributed by atoms with E-state index >= 15 is 0 Å². The zero-order chi connectivity index (χ0) is 15.1. The van der Waals surface area contributed by atoms with Gasteiger partial charge in [-0.3, -0.25) is 19.8 Å².